The second kappa shape index (κ2) is 7.22. The predicted octanol–water partition coefficient (Wildman–Crippen LogP) is 8.28. The molecule has 1 atom stereocenters. The normalized spacial score (nSPS) is 15.4. The van der Waals surface area contributed by atoms with Gasteiger partial charge in [0.2, 0.25) is 5.89 Å². The zero-order valence-corrected chi connectivity index (χ0v) is 19.8. The van der Waals surface area contributed by atoms with Crippen LogP contribution < -0.4 is 0 Å². The van der Waals surface area contributed by atoms with E-state index in [2.05, 4.69) is 89.3 Å². The first-order valence-corrected chi connectivity index (χ1v) is 12.5. The number of benzene rings is 4. The summed E-state index contributed by atoms with van der Waals surface area (Å²) in [6, 6.07) is 29.6. The molecule has 4 nitrogen and oxygen atoms in total. The summed E-state index contributed by atoms with van der Waals surface area (Å²) in [6.07, 6.45) is 5.63. The molecule has 0 aliphatic heterocycles. The minimum atomic E-state index is 0.485. The number of rotatable bonds is 2. The second-order valence-electron chi connectivity index (χ2n) is 9.83. The number of hydrogen-bond acceptors (Lipinski definition) is 2. The molecule has 172 valence electrons. The van der Waals surface area contributed by atoms with Crippen LogP contribution in [-0.2, 0) is 6.42 Å². The second-order valence-corrected chi connectivity index (χ2v) is 9.83. The lowest BCUT2D eigenvalue weighted by molar-refractivity contribution is 0.619. The van der Waals surface area contributed by atoms with E-state index >= 15 is 0 Å². The molecule has 8 rings (SSSR count). The molecule has 0 spiro atoms. The van der Waals surface area contributed by atoms with Gasteiger partial charge in [0.1, 0.15) is 5.52 Å². The van der Waals surface area contributed by atoms with Crippen LogP contribution >= 0.6 is 0 Å². The molecule has 1 aliphatic rings. The van der Waals surface area contributed by atoms with Gasteiger partial charge in [0.25, 0.3) is 0 Å². The van der Waals surface area contributed by atoms with Gasteiger partial charge < -0.3 is 14.0 Å². The molecule has 4 heteroatoms. The molecular weight excluding hydrogens is 442 g/mol. The third-order valence-corrected chi connectivity index (χ3v) is 7.50. The van der Waals surface area contributed by atoms with Crippen molar-refractivity contribution in [2.24, 2.45) is 5.92 Å². The maximum Gasteiger partial charge on any atom is 0.227 e. The summed E-state index contributed by atoms with van der Waals surface area (Å²) in [6.45, 7) is 2.29. The van der Waals surface area contributed by atoms with Crippen molar-refractivity contribution in [1.29, 1.82) is 0 Å². The van der Waals surface area contributed by atoms with Gasteiger partial charge in [0.05, 0.1) is 11.0 Å². The highest BCUT2D eigenvalue weighted by Gasteiger charge is 2.24. The summed E-state index contributed by atoms with van der Waals surface area (Å²) in [5, 5.41) is 3.78. The first kappa shape index (κ1) is 19.7. The van der Waals surface area contributed by atoms with Crippen molar-refractivity contribution >= 4 is 49.9 Å². The molecule has 1 aliphatic carbocycles. The Morgan fingerprint density at radius 1 is 0.889 bits per heavy atom. The molecule has 1 N–H and O–H groups in total. The number of fused-ring (bicyclic) bond motifs is 8. The number of aromatic amines is 1. The predicted molar refractivity (Wildman–Crippen MR) is 148 cm³/mol. The van der Waals surface area contributed by atoms with E-state index < -0.39 is 0 Å². The van der Waals surface area contributed by atoms with Crippen LogP contribution in [-0.4, -0.2) is 14.5 Å². The van der Waals surface area contributed by atoms with Crippen LogP contribution in [0.25, 0.3) is 67.0 Å². The van der Waals surface area contributed by atoms with E-state index in [-0.39, 0.29) is 0 Å². The van der Waals surface area contributed by atoms with Crippen LogP contribution in [0.15, 0.2) is 95.4 Å². The summed E-state index contributed by atoms with van der Waals surface area (Å²) < 4.78 is 8.57. The first-order chi connectivity index (χ1) is 17.7. The Kier molecular flexibility index (Phi) is 3.95. The molecule has 0 saturated carbocycles. The molecule has 0 fully saturated rings. The number of hydrogen-bond donors (Lipinski definition) is 1. The van der Waals surface area contributed by atoms with Crippen molar-refractivity contribution in [3.63, 3.8) is 0 Å². The van der Waals surface area contributed by atoms with Crippen molar-refractivity contribution in [2.45, 2.75) is 13.3 Å². The Morgan fingerprint density at radius 3 is 2.69 bits per heavy atom. The van der Waals surface area contributed by atoms with Gasteiger partial charge in [-0.25, -0.2) is 4.98 Å². The number of nitrogens with zero attached hydrogens (tertiary/aromatic N) is 2. The summed E-state index contributed by atoms with van der Waals surface area (Å²) in [5.74, 6) is 1.13. The van der Waals surface area contributed by atoms with E-state index in [0.717, 1.165) is 34.3 Å². The minimum absolute atomic E-state index is 0.485. The minimum Gasteiger partial charge on any atom is -0.436 e. The molecule has 0 radical (unpaired) electrons. The van der Waals surface area contributed by atoms with Crippen LogP contribution in [0.5, 0.6) is 0 Å². The van der Waals surface area contributed by atoms with Crippen molar-refractivity contribution in [2.75, 3.05) is 0 Å². The summed E-state index contributed by atoms with van der Waals surface area (Å²) >= 11 is 0. The van der Waals surface area contributed by atoms with Gasteiger partial charge in [-0.2, -0.15) is 0 Å². The monoisotopic (exact) mass is 465 g/mol. The Morgan fingerprint density at radius 2 is 1.75 bits per heavy atom. The lowest BCUT2D eigenvalue weighted by atomic mass is 9.94. The number of allylic oxidation sites excluding steroid dienone is 1. The molecule has 3 heterocycles. The Balaban J connectivity index is 1.44. The fourth-order valence-electron chi connectivity index (χ4n) is 5.84. The van der Waals surface area contributed by atoms with Gasteiger partial charge >= 0.3 is 0 Å². The van der Waals surface area contributed by atoms with Crippen molar-refractivity contribution < 1.29 is 4.42 Å². The van der Waals surface area contributed by atoms with E-state index in [0.29, 0.717) is 11.8 Å². The average molecular weight is 466 g/mol. The van der Waals surface area contributed by atoms with Gasteiger partial charge in [-0.1, -0.05) is 67.6 Å². The van der Waals surface area contributed by atoms with Crippen LogP contribution in [0, 0.1) is 5.92 Å². The molecule has 7 aromatic rings. The highest BCUT2D eigenvalue weighted by Crippen LogP contribution is 2.40. The van der Waals surface area contributed by atoms with Gasteiger partial charge in [0, 0.05) is 44.2 Å². The highest BCUT2D eigenvalue weighted by molar-refractivity contribution is 6.18. The Hall–Kier alpha value is -4.57. The number of aromatic nitrogens is 3. The molecule has 1 unspecified atom stereocenters. The molecule has 0 bridgehead atoms. The molecule has 0 amide bonds. The van der Waals surface area contributed by atoms with E-state index in [9.17, 15) is 0 Å². The number of para-hydroxylation sites is 3. The summed E-state index contributed by atoms with van der Waals surface area (Å²) in [4.78, 5) is 8.49. The maximum atomic E-state index is 6.12. The van der Waals surface area contributed by atoms with Crippen molar-refractivity contribution in [3.8, 4) is 17.1 Å². The SMILES string of the molecule is CC1C=Cc2c(n(-c3cccc(-c4nc5ccccc5o4)c3)c3c2ccc2c4ccccc4[nH]c23)C1. The van der Waals surface area contributed by atoms with Crippen LogP contribution in [0.3, 0.4) is 0 Å². The fraction of sp³-hybridized carbons (Fsp3) is 0.0938. The quantitative estimate of drug-likeness (QED) is 0.279. The van der Waals surface area contributed by atoms with Gasteiger partial charge in [0.15, 0.2) is 5.58 Å². The first-order valence-electron chi connectivity index (χ1n) is 12.5. The summed E-state index contributed by atoms with van der Waals surface area (Å²) in [7, 11) is 0. The number of oxazole rings is 1. The van der Waals surface area contributed by atoms with Gasteiger partial charge in [-0.3, -0.25) is 0 Å². The lowest BCUT2D eigenvalue weighted by Gasteiger charge is -2.17. The smallest absolute Gasteiger partial charge is 0.227 e. The van der Waals surface area contributed by atoms with Crippen LogP contribution in [0.4, 0.5) is 0 Å². The largest absolute Gasteiger partial charge is 0.436 e. The van der Waals surface area contributed by atoms with Crippen molar-refractivity contribution in [1.82, 2.24) is 14.5 Å². The zero-order chi connectivity index (χ0) is 23.8. The Bertz CT molecular complexity index is 1970. The van der Waals surface area contributed by atoms with E-state index in [1.165, 1.54) is 38.4 Å². The third kappa shape index (κ3) is 2.73. The van der Waals surface area contributed by atoms with Gasteiger partial charge in [-0.05, 0) is 48.7 Å². The highest BCUT2D eigenvalue weighted by atomic mass is 16.3. The Labute approximate surface area is 207 Å². The third-order valence-electron chi connectivity index (χ3n) is 7.50. The summed E-state index contributed by atoms with van der Waals surface area (Å²) in [5.41, 5.74) is 10.0. The van der Waals surface area contributed by atoms with Gasteiger partial charge in [-0.15, -0.1) is 0 Å². The fourth-order valence-corrected chi connectivity index (χ4v) is 5.84. The average Bonchev–Trinajstić information content (AvgIpc) is 3.60. The zero-order valence-electron chi connectivity index (χ0n) is 19.8. The molecule has 36 heavy (non-hydrogen) atoms. The van der Waals surface area contributed by atoms with Crippen LogP contribution in [0.2, 0.25) is 0 Å². The maximum absolute atomic E-state index is 6.12. The molecule has 3 aromatic heterocycles. The van der Waals surface area contributed by atoms with E-state index in [4.69, 9.17) is 9.40 Å². The lowest BCUT2D eigenvalue weighted by Crippen LogP contribution is -2.08. The number of H-pyrrole nitrogens is 1. The molecule has 4 aromatic carbocycles. The number of nitrogens with one attached hydrogen (secondary N) is 1. The van der Waals surface area contributed by atoms with E-state index in [1.54, 1.807) is 0 Å². The standard InChI is InChI=1S/C32H23N3O/c1-19-13-14-23-25-16-15-24-22-9-2-3-10-26(22)33-30(24)31(25)35(28(23)17-19)21-8-6-7-20(18-21)32-34-27-11-4-5-12-29(27)36-32/h2-16,18-19,33H,17H2,1H3. The van der Waals surface area contributed by atoms with Crippen molar-refractivity contribution in [3.05, 3.63) is 102 Å². The molecule has 0 saturated heterocycles. The molecular formula is C32H23N3O. The topological polar surface area (TPSA) is 46.8 Å². The van der Waals surface area contributed by atoms with Crippen LogP contribution in [0.1, 0.15) is 18.2 Å². The van der Waals surface area contributed by atoms with E-state index in [1.807, 2.05) is 24.3 Å².